The molecule has 0 bridgehead atoms. The van der Waals surface area contributed by atoms with Gasteiger partial charge < -0.3 is 14.4 Å². The Morgan fingerprint density at radius 3 is 2.79 bits per heavy atom. The highest BCUT2D eigenvalue weighted by Crippen LogP contribution is 2.34. The van der Waals surface area contributed by atoms with Crippen LogP contribution in [0.5, 0.6) is 0 Å². The SMILES string of the molecule is COCc1cc([N+](=O)[O-])ccc1N1CCc2c(cccc2N2CCOC2=O)C1. The summed E-state index contributed by atoms with van der Waals surface area (Å²) in [5, 5.41) is 11.1. The summed E-state index contributed by atoms with van der Waals surface area (Å²) in [6.07, 6.45) is 0.479. The maximum Gasteiger partial charge on any atom is 0.414 e. The van der Waals surface area contributed by atoms with Crippen LogP contribution in [0.1, 0.15) is 16.7 Å². The van der Waals surface area contributed by atoms with E-state index in [0.717, 1.165) is 41.0 Å². The van der Waals surface area contributed by atoms with E-state index in [9.17, 15) is 14.9 Å². The highest BCUT2D eigenvalue weighted by atomic mass is 16.6. The number of methoxy groups -OCH3 is 1. The van der Waals surface area contributed by atoms with Crippen molar-refractivity contribution < 1.29 is 19.2 Å². The number of fused-ring (bicyclic) bond motifs is 1. The lowest BCUT2D eigenvalue weighted by Crippen LogP contribution is -2.33. The van der Waals surface area contributed by atoms with Crippen molar-refractivity contribution in [2.24, 2.45) is 0 Å². The number of rotatable bonds is 5. The van der Waals surface area contributed by atoms with Gasteiger partial charge in [0.15, 0.2) is 0 Å². The summed E-state index contributed by atoms with van der Waals surface area (Å²) in [7, 11) is 1.58. The smallest absolute Gasteiger partial charge is 0.414 e. The first kappa shape index (κ1) is 18.2. The molecule has 0 radical (unpaired) electrons. The molecule has 0 N–H and O–H groups in total. The van der Waals surface area contributed by atoms with Gasteiger partial charge in [-0.2, -0.15) is 0 Å². The minimum atomic E-state index is -0.393. The van der Waals surface area contributed by atoms with Gasteiger partial charge in [0.1, 0.15) is 6.61 Å². The molecule has 0 atom stereocenters. The quantitative estimate of drug-likeness (QED) is 0.582. The van der Waals surface area contributed by atoms with Gasteiger partial charge in [0, 0.05) is 43.6 Å². The first-order chi connectivity index (χ1) is 13.6. The molecule has 0 aromatic heterocycles. The van der Waals surface area contributed by atoms with Crippen LogP contribution in [0.15, 0.2) is 36.4 Å². The van der Waals surface area contributed by atoms with Crippen molar-refractivity contribution in [2.75, 3.05) is 36.6 Å². The number of nitrogens with zero attached hydrogens (tertiary/aromatic N) is 3. The van der Waals surface area contributed by atoms with E-state index in [4.69, 9.17) is 9.47 Å². The fourth-order valence-electron chi connectivity index (χ4n) is 3.93. The highest BCUT2D eigenvalue weighted by Gasteiger charge is 2.29. The monoisotopic (exact) mass is 383 g/mol. The summed E-state index contributed by atoms with van der Waals surface area (Å²) >= 11 is 0. The molecular weight excluding hydrogens is 362 g/mol. The molecule has 2 aromatic rings. The molecule has 146 valence electrons. The largest absolute Gasteiger partial charge is 0.447 e. The molecule has 0 aliphatic carbocycles. The van der Waals surface area contributed by atoms with Crippen molar-refractivity contribution in [1.82, 2.24) is 0 Å². The molecule has 0 saturated carbocycles. The lowest BCUT2D eigenvalue weighted by Gasteiger charge is -2.34. The van der Waals surface area contributed by atoms with Gasteiger partial charge in [-0.3, -0.25) is 15.0 Å². The van der Waals surface area contributed by atoms with E-state index in [1.54, 1.807) is 24.1 Å². The summed E-state index contributed by atoms with van der Waals surface area (Å²) < 4.78 is 10.3. The molecule has 28 heavy (non-hydrogen) atoms. The molecule has 1 saturated heterocycles. The zero-order chi connectivity index (χ0) is 19.7. The Morgan fingerprint density at radius 2 is 2.07 bits per heavy atom. The Hall–Kier alpha value is -3.13. The van der Waals surface area contributed by atoms with E-state index in [0.29, 0.717) is 26.3 Å². The molecule has 2 aliphatic heterocycles. The number of non-ortho nitro benzene ring substituents is 1. The van der Waals surface area contributed by atoms with Crippen LogP contribution in [0, 0.1) is 10.1 Å². The number of carbonyl (C=O) groups is 1. The van der Waals surface area contributed by atoms with E-state index in [2.05, 4.69) is 11.0 Å². The third-order valence-electron chi connectivity index (χ3n) is 5.21. The van der Waals surface area contributed by atoms with E-state index in [1.165, 1.54) is 6.07 Å². The van der Waals surface area contributed by atoms with Gasteiger partial charge in [0.25, 0.3) is 5.69 Å². The van der Waals surface area contributed by atoms with Crippen molar-refractivity contribution in [2.45, 2.75) is 19.6 Å². The highest BCUT2D eigenvalue weighted by molar-refractivity contribution is 5.90. The average Bonchev–Trinajstić information content (AvgIpc) is 3.13. The van der Waals surface area contributed by atoms with Gasteiger partial charge in [0.05, 0.1) is 23.8 Å². The molecule has 2 aromatic carbocycles. The lowest BCUT2D eigenvalue weighted by molar-refractivity contribution is -0.384. The van der Waals surface area contributed by atoms with Gasteiger partial charge in [0.2, 0.25) is 0 Å². The first-order valence-electron chi connectivity index (χ1n) is 9.14. The van der Waals surface area contributed by atoms with Crippen LogP contribution in [0.2, 0.25) is 0 Å². The maximum atomic E-state index is 12.0. The van der Waals surface area contributed by atoms with Crippen molar-refractivity contribution in [1.29, 1.82) is 0 Å². The fourth-order valence-corrected chi connectivity index (χ4v) is 3.93. The topological polar surface area (TPSA) is 85.2 Å². The third kappa shape index (κ3) is 3.27. The molecule has 2 aliphatic rings. The van der Waals surface area contributed by atoms with Crippen LogP contribution in [0.4, 0.5) is 21.9 Å². The summed E-state index contributed by atoms with van der Waals surface area (Å²) in [4.78, 5) is 26.6. The number of amides is 1. The fraction of sp³-hybridized carbons (Fsp3) is 0.350. The second-order valence-corrected chi connectivity index (χ2v) is 6.86. The Kier molecular flexibility index (Phi) is 4.87. The average molecular weight is 383 g/mol. The second kappa shape index (κ2) is 7.47. The molecule has 0 spiro atoms. The van der Waals surface area contributed by atoms with E-state index >= 15 is 0 Å². The molecule has 4 rings (SSSR count). The lowest BCUT2D eigenvalue weighted by atomic mass is 9.96. The Bertz CT molecular complexity index is 930. The Morgan fingerprint density at radius 1 is 1.21 bits per heavy atom. The van der Waals surface area contributed by atoms with Crippen molar-refractivity contribution in [3.8, 4) is 0 Å². The molecule has 2 heterocycles. The van der Waals surface area contributed by atoms with E-state index in [1.807, 2.05) is 12.1 Å². The standard InChI is InChI=1S/C20H21N3O5/c1-27-13-15-11-16(23(25)26)5-6-18(15)21-8-7-17-14(12-21)3-2-4-19(17)22-9-10-28-20(22)24/h2-6,11H,7-10,12-13H2,1H3. The normalized spacial score (nSPS) is 16.1. The van der Waals surface area contributed by atoms with E-state index < -0.39 is 4.92 Å². The number of hydrogen-bond acceptors (Lipinski definition) is 6. The number of hydrogen-bond donors (Lipinski definition) is 0. The van der Waals surface area contributed by atoms with E-state index in [-0.39, 0.29) is 11.8 Å². The van der Waals surface area contributed by atoms with Crippen LogP contribution in [-0.2, 0) is 29.0 Å². The van der Waals surface area contributed by atoms with Crippen LogP contribution >= 0.6 is 0 Å². The summed E-state index contributed by atoms with van der Waals surface area (Å²) in [5.74, 6) is 0. The number of carbonyl (C=O) groups excluding carboxylic acids is 1. The van der Waals surface area contributed by atoms with Gasteiger partial charge in [-0.15, -0.1) is 0 Å². The van der Waals surface area contributed by atoms with Crippen LogP contribution < -0.4 is 9.80 Å². The number of nitro benzene ring substituents is 1. The first-order valence-corrected chi connectivity index (χ1v) is 9.14. The zero-order valence-electron chi connectivity index (χ0n) is 15.6. The number of benzene rings is 2. The van der Waals surface area contributed by atoms with Crippen LogP contribution in [0.3, 0.4) is 0 Å². The number of cyclic esters (lactones) is 1. The summed E-state index contributed by atoms with van der Waals surface area (Å²) in [6, 6.07) is 10.9. The van der Waals surface area contributed by atoms with Gasteiger partial charge in [-0.1, -0.05) is 12.1 Å². The predicted molar refractivity (Wildman–Crippen MR) is 104 cm³/mol. The molecule has 1 amide bonds. The molecule has 8 nitrogen and oxygen atoms in total. The van der Waals surface area contributed by atoms with Crippen LogP contribution in [0.25, 0.3) is 0 Å². The van der Waals surface area contributed by atoms with Gasteiger partial charge in [-0.05, 0) is 29.7 Å². The number of ether oxygens (including phenoxy) is 2. The van der Waals surface area contributed by atoms with Crippen molar-refractivity contribution in [3.05, 3.63) is 63.2 Å². The van der Waals surface area contributed by atoms with Gasteiger partial charge >= 0.3 is 6.09 Å². The summed E-state index contributed by atoms with van der Waals surface area (Å²) in [6.45, 7) is 2.71. The summed E-state index contributed by atoms with van der Waals surface area (Å²) in [5.41, 5.74) is 5.00. The molecule has 0 unspecified atom stereocenters. The van der Waals surface area contributed by atoms with Crippen molar-refractivity contribution in [3.63, 3.8) is 0 Å². The molecular formula is C20H21N3O5. The molecule has 1 fully saturated rings. The maximum absolute atomic E-state index is 12.0. The molecule has 8 heteroatoms. The zero-order valence-corrected chi connectivity index (χ0v) is 15.6. The van der Waals surface area contributed by atoms with Crippen molar-refractivity contribution >= 4 is 23.2 Å². The number of nitro groups is 1. The minimum Gasteiger partial charge on any atom is -0.447 e. The Labute approximate surface area is 162 Å². The Balaban J connectivity index is 1.64. The van der Waals surface area contributed by atoms with Crippen LogP contribution in [-0.4, -0.2) is 37.8 Å². The third-order valence-corrected chi connectivity index (χ3v) is 5.21. The minimum absolute atomic E-state index is 0.0584. The predicted octanol–water partition coefficient (Wildman–Crippen LogP) is 3.26. The van der Waals surface area contributed by atoms with Gasteiger partial charge in [-0.25, -0.2) is 4.79 Å². The second-order valence-electron chi connectivity index (χ2n) is 6.86. The number of anilines is 2.